The van der Waals surface area contributed by atoms with Gasteiger partial charge in [0, 0.05) is 41.6 Å². The Hall–Kier alpha value is -3.36. The highest BCUT2D eigenvalue weighted by Gasteiger charge is 2.36. The minimum absolute atomic E-state index is 0.00830. The summed E-state index contributed by atoms with van der Waals surface area (Å²) in [5.74, 6) is 0.00830. The highest BCUT2D eigenvalue weighted by atomic mass is 32.2. The van der Waals surface area contributed by atoms with Gasteiger partial charge in [0.1, 0.15) is 0 Å². The number of rotatable bonds is 9. The lowest BCUT2D eigenvalue weighted by molar-refractivity contribution is 0.0732. The molecule has 0 unspecified atom stereocenters. The number of aryl methyl sites for hydroxylation is 3. The lowest BCUT2D eigenvalue weighted by atomic mass is 9.85. The van der Waals surface area contributed by atoms with Gasteiger partial charge in [-0.15, -0.1) is 0 Å². The van der Waals surface area contributed by atoms with Crippen LogP contribution in [0.1, 0.15) is 85.1 Å². The van der Waals surface area contributed by atoms with Crippen LogP contribution in [0.5, 0.6) is 0 Å². The van der Waals surface area contributed by atoms with E-state index in [1.165, 1.54) is 16.8 Å². The van der Waals surface area contributed by atoms with Gasteiger partial charge in [-0.25, -0.2) is 13.1 Å². The molecule has 7 nitrogen and oxygen atoms in total. The SMILES string of the molecule is CCc1ccc(S(=O)(=O)N[C@H]2CC(C)(C)Nc3ccc(C(=O)N4CCC[C@H]4CCNc4c(C)cccc4C)cc32)cc1. The number of benzene rings is 3. The van der Waals surface area contributed by atoms with Gasteiger partial charge in [-0.3, -0.25) is 4.79 Å². The van der Waals surface area contributed by atoms with Gasteiger partial charge in [0.05, 0.1) is 10.9 Å². The van der Waals surface area contributed by atoms with E-state index in [9.17, 15) is 13.2 Å². The molecule has 0 aliphatic carbocycles. The van der Waals surface area contributed by atoms with Crippen molar-refractivity contribution in [1.82, 2.24) is 9.62 Å². The first-order valence-corrected chi connectivity index (χ1v) is 16.6. The third kappa shape index (κ3) is 6.50. The van der Waals surface area contributed by atoms with Crippen LogP contribution in [0.3, 0.4) is 0 Å². The van der Waals surface area contributed by atoms with Crippen LogP contribution < -0.4 is 15.4 Å². The summed E-state index contributed by atoms with van der Waals surface area (Å²) in [6, 6.07) is 18.7. The molecule has 1 saturated heterocycles. The first kappa shape index (κ1) is 30.1. The fourth-order valence-corrected chi connectivity index (χ4v) is 7.64. The zero-order chi connectivity index (χ0) is 30.1. The lowest BCUT2D eigenvalue weighted by Gasteiger charge is -2.39. The van der Waals surface area contributed by atoms with Crippen LogP contribution in [0.2, 0.25) is 0 Å². The van der Waals surface area contributed by atoms with E-state index in [-0.39, 0.29) is 22.4 Å². The van der Waals surface area contributed by atoms with Gasteiger partial charge in [-0.2, -0.15) is 0 Å². The number of sulfonamides is 1. The molecule has 1 fully saturated rings. The number of hydrogen-bond donors (Lipinski definition) is 3. The summed E-state index contributed by atoms with van der Waals surface area (Å²) in [6.07, 6.45) is 4.25. The van der Waals surface area contributed by atoms with Crippen molar-refractivity contribution in [1.29, 1.82) is 0 Å². The number of fused-ring (bicyclic) bond motifs is 1. The standard InChI is InChI=1S/C34H44N4O3S/c1-6-25-12-15-28(16-13-25)42(40,41)37-31-22-34(4,5)36-30-17-14-26(21-29(30)31)33(39)38-20-8-11-27(38)18-19-35-32-23(2)9-7-10-24(32)3/h7,9-10,12-17,21,27,31,35-37H,6,8,11,18-20,22H2,1-5H3/t27-,31-/m0/s1. The molecule has 0 aromatic heterocycles. The molecular weight excluding hydrogens is 544 g/mol. The quantitative estimate of drug-likeness (QED) is 0.263. The first-order chi connectivity index (χ1) is 20.0. The summed E-state index contributed by atoms with van der Waals surface area (Å²) in [5, 5.41) is 7.13. The molecule has 2 heterocycles. The average Bonchev–Trinajstić information content (AvgIpc) is 3.42. The van der Waals surface area contributed by atoms with E-state index in [0.717, 1.165) is 55.6 Å². The Morgan fingerprint density at radius 1 is 1.05 bits per heavy atom. The predicted octanol–water partition coefficient (Wildman–Crippen LogP) is 6.59. The van der Waals surface area contributed by atoms with Crippen molar-refractivity contribution in [2.75, 3.05) is 23.7 Å². The molecule has 3 aromatic carbocycles. The molecular formula is C34H44N4O3S. The van der Waals surface area contributed by atoms with E-state index in [1.807, 2.05) is 42.2 Å². The van der Waals surface area contributed by atoms with Crippen LogP contribution in [-0.2, 0) is 16.4 Å². The van der Waals surface area contributed by atoms with Crippen LogP contribution in [0.15, 0.2) is 65.6 Å². The van der Waals surface area contributed by atoms with Gasteiger partial charge in [0.25, 0.3) is 5.91 Å². The molecule has 224 valence electrons. The minimum Gasteiger partial charge on any atom is -0.385 e. The van der Waals surface area contributed by atoms with E-state index < -0.39 is 16.1 Å². The molecule has 2 aliphatic heterocycles. The summed E-state index contributed by atoms with van der Waals surface area (Å²) in [4.78, 5) is 16.1. The van der Waals surface area contributed by atoms with E-state index >= 15 is 0 Å². The second-order valence-corrected chi connectivity index (χ2v) is 14.2. The van der Waals surface area contributed by atoms with Crippen molar-refractivity contribution in [3.05, 3.63) is 88.5 Å². The monoisotopic (exact) mass is 588 g/mol. The van der Waals surface area contributed by atoms with Gasteiger partial charge >= 0.3 is 0 Å². The van der Waals surface area contributed by atoms with Crippen LogP contribution in [0.4, 0.5) is 11.4 Å². The molecule has 42 heavy (non-hydrogen) atoms. The highest BCUT2D eigenvalue weighted by molar-refractivity contribution is 7.89. The summed E-state index contributed by atoms with van der Waals surface area (Å²) in [6.45, 7) is 11.9. The number of anilines is 2. The van der Waals surface area contributed by atoms with Crippen LogP contribution in [0, 0.1) is 13.8 Å². The third-order valence-electron chi connectivity index (χ3n) is 8.70. The molecule has 0 spiro atoms. The first-order valence-electron chi connectivity index (χ1n) is 15.1. The molecule has 2 aliphatic rings. The molecule has 0 saturated carbocycles. The second kappa shape index (κ2) is 12.1. The second-order valence-electron chi connectivity index (χ2n) is 12.5. The van der Waals surface area contributed by atoms with Crippen molar-refractivity contribution in [2.24, 2.45) is 0 Å². The largest absolute Gasteiger partial charge is 0.385 e. The summed E-state index contributed by atoms with van der Waals surface area (Å²) < 4.78 is 29.8. The summed E-state index contributed by atoms with van der Waals surface area (Å²) >= 11 is 0. The van der Waals surface area contributed by atoms with Gasteiger partial charge in [-0.05, 0) is 112 Å². The smallest absolute Gasteiger partial charge is 0.254 e. The van der Waals surface area contributed by atoms with Crippen molar-refractivity contribution in [2.45, 2.75) is 89.2 Å². The molecule has 0 radical (unpaired) electrons. The van der Waals surface area contributed by atoms with Crippen LogP contribution in [-0.4, -0.2) is 43.9 Å². The Kier molecular flexibility index (Phi) is 8.67. The maximum Gasteiger partial charge on any atom is 0.254 e. The number of carbonyl (C=O) groups excluding carboxylic acids is 1. The Balaban J connectivity index is 1.33. The maximum atomic E-state index is 13.8. The molecule has 0 bridgehead atoms. The summed E-state index contributed by atoms with van der Waals surface area (Å²) in [7, 11) is -3.75. The van der Waals surface area contributed by atoms with Crippen molar-refractivity contribution < 1.29 is 13.2 Å². The zero-order valence-electron chi connectivity index (χ0n) is 25.5. The number of nitrogens with zero attached hydrogens (tertiary/aromatic N) is 1. The number of amides is 1. The molecule has 5 rings (SSSR count). The fraction of sp³-hybridized carbons (Fsp3) is 0.441. The molecule has 1 amide bonds. The van der Waals surface area contributed by atoms with Crippen molar-refractivity contribution >= 4 is 27.3 Å². The Morgan fingerprint density at radius 2 is 1.76 bits per heavy atom. The van der Waals surface area contributed by atoms with E-state index in [4.69, 9.17) is 0 Å². The number of nitrogens with one attached hydrogen (secondary N) is 3. The Morgan fingerprint density at radius 3 is 2.45 bits per heavy atom. The molecule has 3 aromatic rings. The van der Waals surface area contributed by atoms with Crippen molar-refractivity contribution in [3.8, 4) is 0 Å². The molecule has 3 N–H and O–H groups in total. The van der Waals surface area contributed by atoms with Gasteiger partial charge in [-0.1, -0.05) is 37.3 Å². The van der Waals surface area contributed by atoms with Gasteiger partial charge < -0.3 is 15.5 Å². The van der Waals surface area contributed by atoms with Crippen LogP contribution >= 0.6 is 0 Å². The number of para-hydroxylation sites is 1. The lowest BCUT2D eigenvalue weighted by Crippen LogP contribution is -2.43. The molecule has 8 heteroatoms. The predicted molar refractivity (Wildman–Crippen MR) is 171 cm³/mol. The zero-order valence-corrected chi connectivity index (χ0v) is 26.3. The number of carbonyl (C=O) groups is 1. The van der Waals surface area contributed by atoms with E-state index in [0.29, 0.717) is 12.0 Å². The Labute approximate surface area is 251 Å². The maximum absolute atomic E-state index is 13.8. The fourth-order valence-electron chi connectivity index (χ4n) is 6.42. The summed E-state index contributed by atoms with van der Waals surface area (Å²) in [5.41, 5.74) is 6.65. The van der Waals surface area contributed by atoms with Crippen molar-refractivity contribution in [3.63, 3.8) is 0 Å². The number of hydrogen-bond acceptors (Lipinski definition) is 5. The minimum atomic E-state index is -3.75. The normalized spacial score (nSPS) is 19.7. The van der Waals surface area contributed by atoms with Gasteiger partial charge in [0.15, 0.2) is 0 Å². The van der Waals surface area contributed by atoms with Gasteiger partial charge in [0.2, 0.25) is 10.0 Å². The average molecular weight is 589 g/mol. The Bertz CT molecular complexity index is 1530. The highest BCUT2D eigenvalue weighted by Crippen LogP contribution is 2.39. The topological polar surface area (TPSA) is 90.5 Å². The van der Waals surface area contributed by atoms with E-state index in [1.54, 1.807) is 12.1 Å². The third-order valence-corrected chi connectivity index (χ3v) is 10.2. The number of likely N-dealkylation sites (tertiary alicyclic amines) is 1. The van der Waals surface area contributed by atoms with Crippen LogP contribution in [0.25, 0.3) is 0 Å². The molecule has 2 atom stereocenters. The van der Waals surface area contributed by atoms with E-state index in [2.05, 4.69) is 61.2 Å².